The van der Waals surface area contributed by atoms with Crippen LogP contribution >= 0.6 is 11.6 Å². The Morgan fingerprint density at radius 1 is 1.11 bits per heavy atom. The lowest BCUT2D eigenvalue weighted by atomic mass is 10.1. The van der Waals surface area contributed by atoms with Crippen LogP contribution < -0.4 is 15.4 Å². The Balaban J connectivity index is 1.58. The Kier molecular flexibility index (Phi) is 9.32. The summed E-state index contributed by atoms with van der Waals surface area (Å²) in [7, 11) is 0. The van der Waals surface area contributed by atoms with Gasteiger partial charge in [0.1, 0.15) is 12.4 Å². The van der Waals surface area contributed by atoms with Crippen LogP contribution in [0.3, 0.4) is 0 Å². The summed E-state index contributed by atoms with van der Waals surface area (Å²) in [4.78, 5) is 45.1. The standard InChI is InChI=1S/C29H31ClN4O4/c1-20-13-22(17-31-16-20)29(37)34-12-6-5-11-32-28(36)25-15-23(30)9-10-26(25)38-19-24(33-27(35)18-34)14-21-7-3-2-4-8-21/h2-4,7-10,13,15-17,24H,5-6,11-12,14,18-19H2,1H3,(H,32,36)(H,33,35)/t24-/m1/s1. The van der Waals surface area contributed by atoms with E-state index in [0.717, 1.165) is 11.1 Å². The van der Waals surface area contributed by atoms with E-state index in [0.29, 0.717) is 54.3 Å². The van der Waals surface area contributed by atoms with E-state index in [9.17, 15) is 14.4 Å². The number of ether oxygens (including phenoxy) is 1. The summed E-state index contributed by atoms with van der Waals surface area (Å²) < 4.78 is 6.06. The van der Waals surface area contributed by atoms with E-state index in [4.69, 9.17) is 16.3 Å². The van der Waals surface area contributed by atoms with Gasteiger partial charge in [0, 0.05) is 30.5 Å². The quantitative estimate of drug-likeness (QED) is 0.532. The Hall–Kier alpha value is -3.91. The molecular weight excluding hydrogens is 504 g/mol. The van der Waals surface area contributed by atoms with E-state index in [1.807, 2.05) is 37.3 Å². The first kappa shape index (κ1) is 27.1. The first-order valence-electron chi connectivity index (χ1n) is 12.6. The van der Waals surface area contributed by atoms with Gasteiger partial charge in [-0.2, -0.15) is 0 Å². The van der Waals surface area contributed by atoms with Gasteiger partial charge in [-0.25, -0.2) is 0 Å². The van der Waals surface area contributed by atoms with Crippen molar-refractivity contribution in [3.8, 4) is 5.75 Å². The van der Waals surface area contributed by atoms with Crippen molar-refractivity contribution in [2.24, 2.45) is 0 Å². The highest BCUT2D eigenvalue weighted by Gasteiger charge is 2.23. The van der Waals surface area contributed by atoms with Crippen molar-refractivity contribution in [2.75, 3.05) is 26.2 Å². The first-order valence-corrected chi connectivity index (χ1v) is 13.0. The average Bonchev–Trinajstić information content (AvgIpc) is 2.91. The Morgan fingerprint density at radius 2 is 1.92 bits per heavy atom. The highest BCUT2D eigenvalue weighted by Crippen LogP contribution is 2.23. The van der Waals surface area contributed by atoms with Gasteiger partial charge >= 0.3 is 0 Å². The lowest BCUT2D eigenvalue weighted by Crippen LogP contribution is -2.47. The van der Waals surface area contributed by atoms with Crippen molar-refractivity contribution in [1.82, 2.24) is 20.5 Å². The number of hydrogen-bond acceptors (Lipinski definition) is 5. The second-order valence-corrected chi connectivity index (χ2v) is 9.78. The fourth-order valence-electron chi connectivity index (χ4n) is 4.32. The van der Waals surface area contributed by atoms with Crippen molar-refractivity contribution >= 4 is 29.3 Å². The summed E-state index contributed by atoms with van der Waals surface area (Å²) >= 11 is 6.16. The number of aryl methyl sites for hydroxylation is 1. The average molecular weight is 535 g/mol. The smallest absolute Gasteiger partial charge is 0.255 e. The lowest BCUT2D eigenvalue weighted by Gasteiger charge is -2.25. The van der Waals surface area contributed by atoms with Gasteiger partial charge in [0.25, 0.3) is 11.8 Å². The largest absolute Gasteiger partial charge is 0.491 e. The Bertz CT molecular complexity index is 1280. The van der Waals surface area contributed by atoms with Gasteiger partial charge in [0.05, 0.1) is 23.7 Å². The molecule has 0 radical (unpaired) electrons. The SMILES string of the molecule is Cc1cncc(C(=O)N2CCCCNC(=O)c3cc(Cl)ccc3OC[C@@H](Cc3ccccc3)NC(=O)C2)c1. The molecule has 2 N–H and O–H groups in total. The van der Waals surface area contributed by atoms with E-state index < -0.39 is 6.04 Å². The maximum absolute atomic E-state index is 13.3. The molecule has 4 rings (SSSR count). The summed E-state index contributed by atoms with van der Waals surface area (Å²) in [5.41, 5.74) is 2.65. The van der Waals surface area contributed by atoms with Crippen LogP contribution in [-0.2, 0) is 11.2 Å². The second kappa shape index (κ2) is 13.1. The molecule has 1 aromatic heterocycles. The second-order valence-electron chi connectivity index (χ2n) is 9.35. The lowest BCUT2D eigenvalue weighted by molar-refractivity contribution is -0.122. The van der Waals surface area contributed by atoms with E-state index in [-0.39, 0.29) is 30.9 Å². The van der Waals surface area contributed by atoms with Crippen molar-refractivity contribution < 1.29 is 19.1 Å². The van der Waals surface area contributed by atoms with Gasteiger partial charge in [-0.15, -0.1) is 0 Å². The normalized spacial score (nSPS) is 17.2. The number of nitrogens with one attached hydrogen (secondary N) is 2. The molecule has 0 bridgehead atoms. The maximum Gasteiger partial charge on any atom is 0.255 e. The highest BCUT2D eigenvalue weighted by molar-refractivity contribution is 6.31. The summed E-state index contributed by atoms with van der Waals surface area (Å²) in [6, 6.07) is 16.0. The molecule has 2 aromatic carbocycles. The third kappa shape index (κ3) is 7.55. The summed E-state index contributed by atoms with van der Waals surface area (Å²) in [5, 5.41) is 6.37. The molecule has 198 valence electrons. The molecule has 8 nitrogen and oxygen atoms in total. The minimum Gasteiger partial charge on any atom is -0.491 e. The zero-order valence-corrected chi connectivity index (χ0v) is 22.0. The van der Waals surface area contributed by atoms with Crippen molar-refractivity contribution in [3.63, 3.8) is 0 Å². The maximum atomic E-state index is 13.3. The number of benzene rings is 2. The van der Waals surface area contributed by atoms with Crippen LogP contribution in [0.1, 0.15) is 44.7 Å². The topological polar surface area (TPSA) is 101 Å². The third-order valence-corrected chi connectivity index (χ3v) is 6.44. The third-order valence-electron chi connectivity index (χ3n) is 6.20. The van der Waals surface area contributed by atoms with Gasteiger partial charge < -0.3 is 20.3 Å². The number of hydrogen-bond donors (Lipinski definition) is 2. The van der Waals surface area contributed by atoms with Crippen molar-refractivity contribution in [1.29, 1.82) is 0 Å². The number of nitrogens with zero attached hydrogens (tertiary/aromatic N) is 2. The fraction of sp³-hybridized carbons (Fsp3) is 0.310. The van der Waals surface area contributed by atoms with Crippen LogP contribution in [0.2, 0.25) is 5.02 Å². The molecule has 3 aromatic rings. The minimum atomic E-state index is -0.404. The molecule has 0 unspecified atom stereocenters. The number of amides is 3. The van der Waals surface area contributed by atoms with E-state index in [1.165, 1.54) is 11.1 Å². The molecule has 0 spiro atoms. The first-order chi connectivity index (χ1) is 18.4. The van der Waals surface area contributed by atoms with Gasteiger partial charge in [0.2, 0.25) is 5.91 Å². The summed E-state index contributed by atoms with van der Waals surface area (Å²) in [6.45, 7) is 2.65. The number of fused-ring (bicyclic) bond motifs is 1. The molecule has 2 heterocycles. The zero-order valence-electron chi connectivity index (χ0n) is 21.3. The molecule has 1 aliphatic rings. The zero-order chi connectivity index (χ0) is 26.9. The van der Waals surface area contributed by atoms with Crippen molar-refractivity contribution in [2.45, 2.75) is 32.2 Å². The Labute approximate surface area is 227 Å². The number of aromatic nitrogens is 1. The van der Waals surface area contributed by atoms with Gasteiger partial charge in [-0.3, -0.25) is 19.4 Å². The molecule has 1 atom stereocenters. The van der Waals surface area contributed by atoms with Crippen molar-refractivity contribution in [3.05, 3.63) is 94.3 Å². The molecular formula is C29H31ClN4O4. The van der Waals surface area contributed by atoms with E-state index in [1.54, 1.807) is 30.5 Å². The monoisotopic (exact) mass is 534 g/mol. The fourth-order valence-corrected chi connectivity index (χ4v) is 4.50. The van der Waals surface area contributed by atoms with Crippen LogP contribution in [-0.4, -0.2) is 59.9 Å². The van der Waals surface area contributed by atoms with Crippen LogP contribution in [0.5, 0.6) is 5.75 Å². The number of halogens is 1. The van der Waals surface area contributed by atoms with Crippen LogP contribution in [0, 0.1) is 6.92 Å². The molecule has 9 heteroatoms. The molecule has 0 aliphatic carbocycles. The van der Waals surface area contributed by atoms with Crippen LogP contribution in [0.25, 0.3) is 0 Å². The van der Waals surface area contributed by atoms with Gasteiger partial charge in [0.15, 0.2) is 0 Å². The summed E-state index contributed by atoms with van der Waals surface area (Å²) in [5.74, 6) is -0.455. The minimum absolute atomic E-state index is 0.101. The van der Waals surface area contributed by atoms with E-state index in [2.05, 4.69) is 15.6 Å². The molecule has 1 aliphatic heterocycles. The predicted molar refractivity (Wildman–Crippen MR) is 145 cm³/mol. The van der Waals surface area contributed by atoms with Gasteiger partial charge in [-0.05, 0) is 61.6 Å². The van der Waals surface area contributed by atoms with Crippen LogP contribution in [0.15, 0.2) is 67.0 Å². The van der Waals surface area contributed by atoms with E-state index >= 15 is 0 Å². The number of carbonyl (C=O) groups is 3. The molecule has 0 saturated heterocycles. The Morgan fingerprint density at radius 3 is 2.71 bits per heavy atom. The number of rotatable bonds is 3. The number of carbonyl (C=O) groups excluding carboxylic acids is 3. The number of pyridine rings is 1. The van der Waals surface area contributed by atoms with Crippen LogP contribution in [0.4, 0.5) is 0 Å². The molecule has 0 saturated carbocycles. The summed E-state index contributed by atoms with van der Waals surface area (Å²) in [6.07, 6.45) is 4.92. The molecule has 3 amide bonds. The molecule has 38 heavy (non-hydrogen) atoms. The van der Waals surface area contributed by atoms with Gasteiger partial charge in [-0.1, -0.05) is 41.9 Å². The predicted octanol–water partition coefficient (Wildman–Crippen LogP) is 3.82. The highest BCUT2D eigenvalue weighted by atomic mass is 35.5. The molecule has 0 fully saturated rings.